The van der Waals surface area contributed by atoms with Gasteiger partial charge in [0.05, 0.1) is 22.7 Å². The quantitative estimate of drug-likeness (QED) is 0.585. The summed E-state index contributed by atoms with van der Waals surface area (Å²) in [6.07, 6.45) is -0.308. The first-order valence-corrected chi connectivity index (χ1v) is 12.0. The summed E-state index contributed by atoms with van der Waals surface area (Å²) < 4.78 is 28.4. The molecule has 3 aromatic rings. The van der Waals surface area contributed by atoms with Crippen LogP contribution in [0.1, 0.15) is 23.1 Å². The van der Waals surface area contributed by atoms with Crippen molar-refractivity contribution in [3.63, 3.8) is 0 Å². The lowest BCUT2D eigenvalue weighted by atomic mass is 10.0. The topological polar surface area (TPSA) is 95.6 Å². The van der Waals surface area contributed by atoms with Crippen LogP contribution in [0, 0.1) is 13.8 Å². The van der Waals surface area contributed by atoms with Gasteiger partial charge >= 0.3 is 0 Å². The zero-order valence-corrected chi connectivity index (χ0v) is 19.2. The molecule has 0 spiro atoms. The lowest BCUT2D eigenvalue weighted by Gasteiger charge is -2.37. The van der Waals surface area contributed by atoms with Crippen LogP contribution in [0.2, 0.25) is 0 Å². The van der Waals surface area contributed by atoms with Gasteiger partial charge in [0.25, 0.3) is 10.0 Å². The van der Waals surface area contributed by atoms with Crippen LogP contribution in [0.25, 0.3) is 0 Å². The summed E-state index contributed by atoms with van der Waals surface area (Å²) in [5.41, 5.74) is 3.46. The second-order valence-electron chi connectivity index (χ2n) is 8.04. The molecule has 1 heterocycles. The predicted molar refractivity (Wildman–Crippen MR) is 127 cm³/mol. The number of hydrogen-bond donors (Lipinski definition) is 2. The fourth-order valence-electron chi connectivity index (χ4n) is 3.80. The van der Waals surface area contributed by atoms with Crippen molar-refractivity contribution in [3.8, 4) is 0 Å². The molecular weight excluding hydrogens is 438 g/mol. The monoisotopic (exact) mass is 463 g/mol. The highest BCUT2D eigenvalue weighted by Gasteiger charge is 2.42. The largest absolute Gasteiger partial charge is 0.352 e. The Kier molecular flexibility index (Phi) is 6.20. The molecule has 0 saturated carbocycles. The summed E-state index contributed by atoms with van der Waals surface area (Å²) in [4.78, 5) is 25.9. The van der Waals surface area contributed by atoms with Crippen LogP contribution in [0.4, 0.5) is 11.4 Å². The van der Waals surface area contributed by atoms with E-state index in [2.05, 4.69) is 10.6 Å². The summed E-state index contributed by atoms with van der Waals surface area (Å²) in [5.74, 6) is -0.959. The van der Waals surface area contributed by atoms with E-state index in [1.807, 2.05) is 44.2 Å². The van der Waals surface area contributed by atoms with Crippen LogP contribution >= 0.6 is 0 Å². The summed E-state index contributed by atoms with van der Waals surface area (Å²) in [6, 6.07) is 19.6. The molecule has 0 saturated heterocycles. The number of fused-ring (bicyclic) bond motifs is 1. The molecule has 0 radical (unpaired) electrons. The third-order valence-electron chi connectivity index (χ3n) is 5.70. The van der Waals surface area contributed by atoms with E-state index in [0.717, 1.165) is 21.0 Å². The van der Waals surface area contributed by atoms with Crippen molar-refractivity contribution in [2.45, 2.75) is 37.8 Å². The van der Waals surface area contributed by atoms with Crippen LogP contribution in [-0.4, -0.2) is 26.3 Å². The fraction of sp³-hybridized carbons (Fsp3) is 0.200. The molecule has 0 aliphatic carbocycles. The van der Waals surface area contributed by atoms with E-state index in [0.29, 0.717) is 11.4 Å². The lowest BCUT2D eigenvalue weighted by molar-refractivity contribution is -0.125. The van der Waals surface area contributed by atoms with E-state index in [1.54, 1.807) is 30.3 Å². The van der Waals surface area contributed by atoms with Gasteiger partial charge in [0, 0.05) is 6.54 Å². The molecule has 2 amide bonds. The minimum Gasteiger partial charge on any atom is -0.352 e. The van der Waals surface area contributed by atoms with E-state index in [1.165, 1.54) is 12.1 Å². The maximum absolute atomic E-state index is 13.7. The van der Waals surface area contributed by atoms with Crippen molar-refractivity contribution in [1.82, 2.24) is 5.32 Å². The third-order valence-corrected chi connectivity index (χ3v) is 7.54. The van der Waals surface area contributed by atoms with Gasteiger partial charge in [0.2, 0.25) is 11.8 Å². The summed E-state index contributed by atoms with van der Waals surface area (Å²) in [5, 5.41) is 5.57. The number of carbonyl (C=O) groups excluding carboxylic acids is 2. The predicted octanol–water partition coefficient (Wildman–Crippen LogP) is 3.53. The molecule has 1 atom stereocenters. The van der Waals surface area contributed by atoms with Crippen molar-refractivity contribution in [1.29, 1.82) is 0 Å². The lowest BCUT2D eigenvalue weighted by Crippen LogP contribution is -2.52. The highest BCUT2D eigenvalue weighted by molar-refractivity contribution is 7.93. The first-order chi connectivity index (χ1) is 15.8. The fourth-order valence-corrected chi connectivity index (χ4v) is 5.44. The molecule has 170 valence electrons. The number of hydrogen-bond acceptors (Lipinski definition) is 4. The first kappa shape index (κ1) is 22.5. The molecule has 8 heteroatoms. The molecular formula is C25H25N3O4S. The van der Waals surface area contributed by atoms with Gasteiger partial charge in [-0.1, -0.05) is 48.5 Å². The Balaban J connectivity index is 1.70. The molecule has 2 N–H and O–H groups in total. The van der Waals surface area contributed by atoms with Gasteiger partial charge in [-0.3, -0.25) is 13.9 Å². The number of sulfonamides is 1. The Labute approximate surface area is 193 Å². The summed E-state index contributed by atoms with van der Waals surface area (Å²) in [6.45, 7) is 4.05. The van der Waals surface area contributed by atoms with Gasteiger partial charge in [-0.2, -0.15) is 0 Å². The van der Waals surface area contributed by atoms with Crippen molar-refractivity contribution >= 4 is 33.2 Å². The number of benzene rings is 3. The van der Waals surface area contributed by atoms with E-state index >= 15 is 0 Å². The van der Waals surface area contributed by atoms with E-state index < -0.39 is 27.9 Å². The average Bonchev–Trinajstić information content (AvgIpc) is 2.81. The molecule has 0 bridgehead atoms. The Hall–Kier alpha value is -3.65. The number of aryl methyl sites for hydroxylation is 2. The Bertz CT molecular complexity index is 1290. The molecule has 1 aliphatic rings. The summed E-state index contributed by atoms with van der Waals surface area (Å²) in [7, 11) is -4.11. The smallest absolute Gasteiger partial charge is 0.265 e. The van der Waals surface area contributed by atoms with Gasteiger partial charge in [0.15, 0.2) is 0 Å². The zero-order valence-electron chi connectivity index (χ0n) is 18.4. The third kappa shape index (κ3) is 4.61. The van der Waals surface area contributed by atoms with Gasteiger partial charge in [-0.15, -0.1) is 0 Å². The average molecular weight is 464 g/mol. The molecule has 3 aromatic carbocycles. The maximum Gasteiger partial charge on any atom is 0.265 e. The Morgan fingerprint density at radius 1 is 0.970 bits per heavy atom. The maximum atomic E-state index is 13.7. The second-order valence-corrected chi connectivity index (χ2v) is 9.85. The second kappa shape index (κ2) is 9.07. The zero-order chi connectivity index (χ0) is 23.6. The van der Waals surface area contributed by atoms with Crippen molar-refractivity contribution in [3.05, 3.63) is 89.5 Å². The van der Waals surface area contributed by atoms with Crippen LogP contribution in [-0.2, 0) is 26.2 Å². The molecule has 0 fully saturated rings. The number of nitrogens with zero attached hydrogens (tertiary/aromatic N) is 1. The van der Waals surface area contributed by atoms with Crippen molar-refractivity contribution < 1.29 is 18.0 Å². The van der Waals surface area contributed by atoms with Crippen molar-refractivity contribution in [2.24, 2.45) is 0 Å². The van der Waals surface area contributed by atoms with Gasteiger partial charge in [0.1, 0.15) is 6.04 Å². The SMILES string of the molecule is Cc1cc2c(cc1C)N(S(=O)(=O)c1ccccc1)C(CC(=O)NCc1ccccc1)C(=O)N2. The number of amides is 2. The Morgan fingerprint density at radius 2 is 1.58 bits per heavy atom. The molecule has 1 unspecified atom stereocenters. The van der Waals surface area contributed by atoms with Gasteiger partial charge in [-0.25, -0.2) is 8.42 Å². The highest BCUT2D eigenvalue weighted by atomic mass is 32.2. The molecule has 7 nitrogen and oxygen atoms in total. The number of anilines is 2. The molecule has 0 aromatic heterocycles. The number of rotatable bonds is 6. The van der Waals surface area contributed by atoms with Crippen LogP contribution < -0.4 is 14.9 Å². The first-order valence-electron chi connectivity index (χ1n) is 10.6. The number of carbonyl (C=O) groups is 2. The molecule has 33 heavy (non-hydrogen) atoms. The number of nitrogens with one attached hydrogen (secondary N) is 2. The van der Waals surface area contributed by atoms with Crippen molar-refractivity contribution in [2.75, 3.05) is 9.62 Å². The Morgan fingerprint density at radius 3 is 2.24 bits per heavy atom. The minimum atomic E-state index is -4.11. The van der Waals surface area contributed by atoms with Crippen LogP contribution in [0.15, 0.2) is 77.7 Å². The van der Waals surface area contributed by atoms with Crippen LogP contribution in [0.5, 0.6) is 0 Å². The minimum absolute atomic E-state index is 0.0542. The molecule has 1 aliphatic heterocycles. The molecule has 4 rings (SSSR count). The van der Waals surface area contributed by atoms with E-state index in [4.69, 9.17) is 0 Å². The van der Waals surface area contributed by atoms with Gasteiger partial charge in [-0.05, 0) is 54.8 Å². The normalized spacial score (nSPS) is 15.5. The standard InChI is InChI=1S/C25H25N3O4S/c1-17-13-21-22(14-18(17)2)28(33(31,32)20-11-7-4-8-12-20)23(25(30)27-21)15-24(29)26-16-19-9-5-3-6-10-19/h3-14,23H,15-16H2,1-2H3,(H,26,29)(H,27,30). The van der Waals surface area contributed by atoms with E-state index in [9.17, 15) is 18.0 Å². The van der Waals surface area contributed by atoms with Crippen LogP contribution in [0.3, 0.4) is 0 Å². The summed E-state index contributed by atoms with van der Waals surface area (Å²) >= 11 is 0. The van der Waals surface area contributed by atoms with E-state index in [-0.39, 0.29) is 17.9 Å². The van der Waals surface area contributed by atoms with Gasteiger partial charge < -0.3 is 10.6 Å². The highest BCUT2D eigenvalue weighted by Crippen LogP contribution is 2.39.